The van der Waals surface area contributed by atoms with Gasteiger partial charge in [-0.25, -0.2) is 0 Å². The van der Waals surface area contributed by atoms with E-state index in [9.17, 15) is 9.59 Å². The minimum absolute atomic E-state index is 0.00435. The van der Waals surface area contributed by atoms with Crippen molar-refractivity contribution >= 4 is 23.2 Å². The van der Waals surface area contributed by atoms with Crippen molar-refractivity contribution in [2.75, 3.05) is 29.9 Å². The molecule has 6 nitrogen and oxygen atoms in total. The number of anilines is 2. The Labute approximate surface area is 153 Å². The lowest BCUT2D eigenvalue weighted by Gasteiger charge is -2.24. The number of amides is 2. The SMILES string of the molecule is NC(=O)CN(Cc1ccccc1)c1cccc(NC(=O)C2CCNC2)c1. The molecule has 0 saturated carbocycles. The zero-order valence-corrected chi connectivity index (χ0v) is 14.7. The third kappa shape index (κ3) is 4.83. The normalized spacial score (nSPS) is 16.2. The summed E-state index contributed by atoms with van der Waals surface area (Å²) >= 11 is 0. The fourth-order valence-corrected chi connectivity index (χ4v) is 3.13. The highest BCUT2D eigenvalue weighted by Crippen LogP contribution is 2.22. The van der Waals surface area contributed by atoms with Crippen LogP contribution in [-0.2, 0) is 16.1 Å². The molecule has 3 rings (SSSR count). The van der Waals surface area contributed by atoms with E-state index >= 15 is 0 Å². The Hall–Kier alpha value is -2.86. The van der Waals surface area contributed by atoms with E-state index in [0.29, 0.717) is 13.1 Å². The Morgan fingerprint density at radius 3 is 2.65 bits per heavy atom. The average Bonchev–Trinajstić information content (AvgIpc) is 3.17. The largest absolute Gasteiger partial charge is 0.368 e. The predicted molar refractivity (Wildman–Crippen MR) is 103 cm³/mol. The van der Waals surface area contributed by atoms with Crippen LogP contribution in [0.3, 0.4) is 0 Å². The number of benzene rings is 2. The molecule has 0 aromatic heterocycles. The molecule has 1 saturated heterocycles. The van der Waals surface area contributed by atoms with E-state index in [4.69, 9.17) is 5.73 Å². The second-order valence-electron chi connectivity index (χ2n) is 6.54. The van der Waals surface area contributed by atoms with Gasteiger partial charge in [-0.1, -0.05) is 36.4 Å². The Bertz CT molecular complexity index is 757. The fourth-order valence-electron chi connectivity index (χ4n) is 3.13. The number of carbonyl (C=O) groups excluding carboxylic acids is 2. The van der Waals surface area contributed by atoms with Crippen LogP contribution in [0, 0.1) is 5.92 Å². The molecule has 0 bridgehead atoms. The van der Waals surface area contributed by atoms with Crippen LogP contribution in [-0.4, -0.2) is 31.4 Å². The minimum Gasteiger partial charge on any atom is -0.368 e. The number of rotatable bonds is 7. The van der Waals surface area contributed by atoms with E-state index in [0.717, 1.165) is 29.9 Å². The molecular weight excluding hydrogens is 328 g/mol. The number of primary amides is 1. The minimum atomic E-state index is -0.396. The maximum atomic E-state index is 12.3. The van der Waals surface area contributed by atoms with Crippen LogP contribution in [0.1, 0.15) is 12.0 Å². The Balaban J connectivity index is 1.75. The van der Waals surface area contributed by atoms with Crippen molar-refractivity contribution in [1.82, 2.24) is 5.32 Å². The van der Waals surface area contributed by atoms with Crippen LogP contribution in [0.2, 0.25) is 0 Å². The van der Waals surface area contributed by atoms with Gasteiger partial charge in [0, 0.05) is 24.5 Å². The number of hydrogen-bond acceptors (Lipinski definition) is 4. The third-order valence-corrected chi connectivity index (χ3v) is 4.47. The summed E-state index contributed by atoms with van der Waals surface area (Å²) in [7, 11) is 0. The van der Waals surface area contributed by atoms with Crippen molar-refractivity contribution in [1.29, 1.82) is 0 Å². The van der Waals surface area contributed by atoms with Gasteiger partial charge in [-0.3, -0.25) is 9.59 Å². The highest BCUT2D eigenvalue weighted by Gasteiger charge is 2.22. The first-order valence-corrected chi connectivity index (χ1v) is 8.80. The van der Waals surface area contributed by atoms with Gasteiger partial charge in [0.2, 0.25) is 11.8 Å². The summed E-state index contributed by atoms with van der Waals surface area (Å²) in [6, 6.07) is 17.4. The molecule has 1 heterocycles. The van der Waals surface area contributed by atoms with Crippen LogP contribution in [0.15, 0.2) is 54.6 Å². The molecule has 1 atom stereocenters. The molecule has 4 N–H and O–H groups in total. The molecule has 136 valence electrons. The van der Waals surface area contributed by atoms with E-state index in [1.165, 1.54) is 0 Å². The van der Waals surface area contributed by atoms with Crippen molar-refractivity contribution in [2.45, 2.75) is 13.0 Å². The molecule has 1 aliphatic rings. The van der Waals surface area contributed by atoms with Gasteiger partial charge in [0.15, 0.2) is 0 Å². The number of nitrogens with zero attached hydrogens (tertiary/aromatic N) is 1. The summed E-state index contributed by atoms with van der Waals surface area (Å²) in [5.74, 6) is -0.367. The van der Waals surface area contributed by atoms with Gasteiger partial charge in [-0.2, -0.15) is 0 Å². The Morgan fingerprint density at radius 2 is 1.96 bits per heavy atom. The van der Waals surface area contributed by atoms with Crippen molar-refractivity contribution in [2.24, 2.45) is 11.7 Å². The number of nitrogens with one attached hydrogen (secondary N) is 2. The highest BCUT2D eigenvalue weighted by molar-refractivity contribution is 5.93. The molecule has 2 aromatic carbocycles. The van der Waals surface area contributed by atoms with Gasteiger partial charge in [0.1, 0.15) is 0 Å². The zero-order chi connectivity index (χ0) is 18.4. The lowest BCUT2D eigenvalue weighted by Crippen LogP contribution is -2.33. The number of carbonyl (C=O) groups is 2. The maximum Gasteiger partial charge on any atom is 0.236 e. The van der Waals surface area contributed by atoms with Crippen molar-refractivity contribution < 1.29 is 9.59 Å². The molecule has 0 spiro atoms. The lowest BCUT2D eigenvalue weighted by atomic mass is 10.1. The van der Waals surface area contributed by atoms with Crippen LogP contribution >= 0.6 is 0 Å². The molecule has 1 aliphatic heterocycles. The van der Waals surface area contributed by atoms with Gasteiger partial charge in [-0.05, 0) is 36.7 Å². The molecule has 6 heteroatoms. The number of nitrogens with two attached hydrogens (primary N) is 1. The van der Waals surface area contributed by atoms with Crippen molar-refractivity contribution in [3.63, 3.8) is 0 Å². The summed E-state index contributed by atoms with van der Waals surface area (Å²) in [5.41, 5.74) is 8.08. The first kappa shape index (κ1) is 17.9. The maximum absolute atomic E-state index is 12.3. The lowest BCUT2D eigenvalue weighted by molar-refractivity contribution is -0.119. The molecule has 1 fully saturated rings. The first-order valence-electron chi connectivity index (χ1n) is 8.80. The topological polar surface area (TPSA) is 87.5 Å². The first-order chi connectivity index (χ1) is 12.6. The van der Waals surface area contributed by atoms with E-state index in [2.05, 4.69) is 10.6 Å². The van der Waals surface area contributed by atoms with E-state index < -0.39 is 5.91 Å². The fraction of sp³-hybridized carbons (Fsp3) is 0.300. The molecule has 2 amide bonds. The summed E-state index contributed by atoms with van der Waals surface area (Å²) in [4.78, 5) is 25.7. The monoisotopic (exact) mass is 352 g/mol. The number of hydrogen-bond donors (Lipinski definition) is 3. The van der Waals surface area contributed by atoms with Gasteiger partial charge in [-0.15, -0.1) is 0 Å². The predicted octanol–water partition coefficient (Wildman–Crippen LogP) is 1.73. The van der Waals surface area contributed by atoms with Crippen LogP contribution in [0.25, 0.3) is 0 Å². The summed E-state index contributed by atoms with van der Waals surface area (Å²) in [6.45, 7) is 2.27. The van der Waals surface area contributed by atoms with Gasteiger partial charge in [0.05, 0.1) is 12.5 Å². The van der Waals surface area contributed by atoms with Crippen LogP contribution in [0.4, 0.5) is 11.4 Å². The van der Waals surface area contributed by atoms with Gasteiger partial charge in [0.25, 0.3) is 0 Å². The molecule has 26 heavy (non-hydrogen) atoms. The molecule has 0 radical (unpaired) electrons. The average molecular weight is 352 g/mol. The summed E-state index contributed by atoms with van der Waals surface area (Å²) in [6.07, 6.45) is 0.854. The smallest absolute Gasteiger partial charge is 0.236 e. The zero-order valence-electron chi connectivity index (χ0n) is 14.7. The van der Waals surface area contributed by atoms with E-state index in [1.807, 2.05) is 59.5 Å². The highest BCUT2D eigenvalue weighted by atomic mass is 16.2. The quantitative estimate of drug-likeness (QED) is 0.708. The van der Waals surface area contributed by atoms with Crippen molar-refractivity contribution in [3.05, 3.63) is 60.2 Å². The second-order valence-corrected chi connectivity index (χ2v) is 6.54. The molecule has 1 unspecified atom stereocenters. The van der Waals surface area contributed by atoms with Crippen LogP contribution in [0.5, 0.6) is 0 Å². The van der Waals surface area contributed by atoms with Crippen LogP contribution < -0.4 is 21.3 Å². The van der Waals surface area contributed by atoms with E-state index in [-0.39, 0.29) is 18.4 Å². The molecule has 0 aliphatic carbocycles. The Kier molecular flexibility index (Phi) is 5.86. The van der Waals surface area contributed by atoms with E-state index in [1.54, 1.807) is 0 Å². The molecular formula is C20H24N4O2. The third-order valence-electron chi connectivity index (χ3n) is 4.47. The standard InChI is InChI=1S/C20H24N4O2/c21-19(25)14-24(13-15-5-2-1-3-6-15)18-8-4-7-17(11-18)23-20(26)16-9-10-22-12-16/h1-8,11,16,22H,9-10,12-14H2,(H2,21,25)(H,23,26). The van der Waals surface area contributed by atoms with Gasteiger partial charge >= 0.3 is 0 Å². The Morgan fingerprint density at radius 1 is 1.15 bits per heavy atom. The molecule has 2 aromatic rings. The summed E-state index contributed by atoms with van der Waals surface area (Å²) in [5, 5.41) is 6.17. The second kappa shape index (κ2) is 8.49. The summed E-state index contributed by atoms with van der Waals surface area (Å²) < 4.78 is 0. The van der Waals surface area contributed by atoms with Crippen molar-refractivity contribution in [3.8, 4) is 0 Å². The van der Waals surface area contributed by atoms with Gasteiger partial charge < -0.3 is 21.3 Å².